The van der Waals surface area contributed by atoms with Crippen molar-refractivity contribution in [3.05, 3.63) is 70.5 Å². The summed E-state index contributed by atoms with van der Waals surface area (Å²) in [7, 11) is 0. The lowest BCUT2D eigenvalue weighted by molar-refractivity contribution is 0.811. The van der Waals surface area contributed by atoms with Crippen LogP contribution in [0.1, 0.15) is 11.4 Å². The van der Waals surface area contributed by atoms with E-state index in [4.69, 9.17) is 9.97 Å². The van der Waals surface area contributed by atoms with Gasteiger partial charge in [-0.1, -0.05) is 40.2 Å². The van der Waals surface area contributed by atoms with Crippen molar-refractivity contribution in [3.8, 4) is 17.2 Å². The molecule has 0 amide bonds. The van der Waals surface area contributed by atoms with E-state index in [0.717, 1.165) is 38.1 Å². The van der Waals surface area contributed by atoms with Crippen LogP contribution in [-0.4, -0.2) is 19.7 Å². The third-order valence-corrected chi connectivity index (χ3v) is 4.42. The second-order valence-corrected chi connectivity index (χ2v) is 6.65. The first kappa shape index (κ1) is 15.0. The predicted molar refractivity (Wildman–Crippen MR) is 99.3 cm³/mol. The summed E-state index contributed by atoms with van der Waals surface area (Å²) < 4.78 is 2.92. The fourth-order valence-electron chi connectivity index (χ4n) is 2.79. The summed E-state index contributed by atoms with van der Waals surface area (Å²) in [5, 5.41) is 5.59. The van der Waals surface area contributed by atoms with E-state index in [-0.39, 0.29) is 0 Å². The van der Waals surface area contributed by atoms with Crippen LogP contribution >= 0.6 is 15.9 Å². The number of nitrogens with zero attached hydrogens (tertiary/aromatic N) is 4. The van der Waals surface area contributed by atoms with Gasteiger partial charge in [-0.05, 0) is 44.2 Å². The number of aromatic nitrogens is 4. The molecule has 0 radical (unpaired) electrons. The number of aryl methyl sites for hydroxylation is 2. The summed E-state index contributed by atoms with van der Waals surface area (Å²) in [6.07, 6.45) is 0. The highest BCUT2D eigenvalue weighted by Crippen LogP contribution is 2.25. The number of fused-ring (bicyclic) bond motifs is 1. The van der Waals surface area contributed by atoms with Gasteiger partial charge >= 0.3 is 0 Å². The molecule has 0 saturated heterocycles. The van der Waals surface area contributed by atoms with Crippen LogP contribution in [0.3, 0.4) is 0 Å². The maximum atomic E-state index is 4.82. The standard InChI is InChI=1S/C19H15BrN4/c1-12-11-13(2)24(23-12)19-16-5-3-4-6-17(16)21-18(22-19)14-7-9-15(20)10-8-14/h3-11H,1-2H3. The number of benzene rings is 2. The second-order valence-electron chi connectivity index (χ2n) is 5.73. The van der Waals surface area contributed by atoms with E-state index in [2.05, 4.69) is 27.1 Å². The number of hydrogen-bond acceptors (Lipinski definition) is 3. The SMILES string of the molecule is Cc1cc(C)n(-c2nc(-c3ccc(Br)cc3)nc3ccccc23)n1. The van der Waals surface area contributed by atoms with Crippen molar-refractivity contribution < 1.29 is 0 Å². The molecule has 0 aliphatic rings. The molecule has 0 N–H and O–H groups in total. The van der Waals surface area contributed by atoms with Crippen molar-refractivity contribution >= 4 is 26.8 Å². The van der Waals surface area contributed by atoms with E-state index in [0.29, 0.717) is 5.82 Å². The van der Waals surface area contributed by atoms with Crippen molar-refractivity contribution in [1.82, 2.24) is 19.7 Å². The Morgan fingerprint density at radius 2 is 1.67 bits per heavy atom. The number of halogens is 1. The van der Waals surface area contributed by atoms with E-state index in [1.165, 1.54) is 0 Å². The molecule has 0 aliphatic heterocycles. The largest absolute Gasteiger partial charge is 0.228 e. The fourth-order valence-corrected chi connectivity index (χ4v) is 3.06. The fraction of sp³-hybridized carbons (Fsp3) is 0.105. The van der Waals surface area contributed by atoms with E-state index in [9.17, 15) is 0 Å². The van der Waals surface area contributed by atoms with Gasteiger partial charge in [0.15, 0.2) is 11.6 Å². The summed E-state index contributed by atoms with van der Waals surface area (Å²) in [4.78, 5) is 9.55. The molecular weight excluding hydrogens is 364 g/mol. The Balaban J connectivity index is 2.01. The molecule has 2 heterocycles. The van der Waals surface area contributed by atoms with Crippen LogP contribution in [0.2, 0.25) is 0 Å². The molecule has 4 nitrogen and oxygen atoms in total. The van der Waals surface area contributed by atoms with E-state index in [1.54, 1.807) is 0 Å². The molecular formula is C19H15BrN4. The first-order chi connectivity index (χ1) is 11.6. The first-order valence-electron chi connectivity index (χ1n) is 7.68. The molecule has 4 aromatic rings. The summed E-state index contributed by atoms with van der Waals surface area (Å²) in [5.74, 6) is 1.51. The zero-order chi connectivity index (χ0) is 16.7. The zero-order valence-corrected chi connectivity index (χ0v) is 14.9. The Kier molecular flexibility index (Phi) is 3.65. The molecule has 0 fully saturated rings. The van der Waals surface area contributed by atoms with Gasteiger partial charge in [0.2, 0.25) is 0 Å². The van der Waals surface area contributed by atoms with Crippen LogP contribution in [0, 0.1) is 13.8 Å². The lowest BCUT2D eigenvalue weighted by Crippen LogP contribution is -2.05. The highest BCUT2D eigenvalue weighted by Gasteiger charge is 2.13. The normalized spacial score (nSPS) is 11.1. The highest BCUT2D eigenvalue weighted by molar-refractivity contribution is 9.10. The van der Waals surface area contributed by atoms with Crippen LogP contribution in [0.4, 0.5) is 0 Å². The third-order valence-electron chi connectivity index (χ3n) is 3.90. The van der Waals surface area contributed by atoms with Crippen LogP contribution in [0.25, 0.3) is 28.1 Å². The lowest BCUT2D eigenvalue weighted by atomic mass is 10.2. The Morgan fingerprint density at radius 3 is 2.38 bits per heavy atom. The van der Waals surface area contributed by atoms with Crippen molar-refractivity contribution in [2.75, 3.05) is 0 Å². The first-order valence-corrected chi connectivity index (χ1v) is 8.47. The van der Waals surface area contributed by atoms with Gasteiger partial charge in [0.25, 0.3) is 0 Å². The van der Waals surface area contributed by atoms with Crippen LogP contribution in [0.15, 0.2) is 59.1 Å². The molecule has 0 atom stereocenters. The second kappa shape index (κ2) is 5.83. The molecule has 24 heavy (non-hydrogen) atoms. The van der Waals surface area contributed by atoms with Crippen LogP contribution < -0.4 is 0 Å². The quantitative estimate of drug-likeness (QED) is 0.500. The predicted octanol–water partition coefficient (Wildman–Crippen LogP) is 4.86. The van der Waals surface area contributed by atoms with E-state index in [1.807, 2.05) is 67.1 Å². The van der Waals surface area contributed by atoms with E-state index >= 15 is 0 Å². The van der Waals surface area contributed by atoms with Gasteiger partial charge in [-0.3, -0.25) is 0 Å². The van der Waals surface area contributed by atoms with Crippen molar-refractivity contribution in [2.45, 2.75) is 13.8 Å². The molecule has 0 saturated carbocycles. The van der Waals surface area contributed by atoms with E-state index < -0.39 is 0 Å². The molecule has 2 aromatic carbocycles. The number of para-hydroxylation sites is 1. The molecule has 0 aliphatic carbocycles. The summed E-state index contributed by atoms with van der Waals surface area (Å²) in [6.45, 7) is 4.03. The van der Waals surface area contributed by atoms with Crippen LogP contribution in [-0.2, 0) is 0 Å². The summed E-state index contributed by atoms with van der Waals surface area (Å²) in [6, 6.07) is 18.1. The van der Waals surface area contributed by atoms with Gasteiger partial charge in [0.05, 0.1) is 11.2 Å². The Hall–Kier alpha value is -2.53. The summed E-state index contributed by atoms with van der Waals surface area (Å²) in [5.41, 5.74) is 3.92. The molecule has 2 aromatic heterocycles. The van der Waals surface area contributed by atoms with Gasteiger partial charge in [-0.15, -0.1) is 0 Å². The van der Waals surface area contributed by atoms with Crippen LogP contribution in [0.5, 0.6) is 0 Å². The Bertz CT molecular complexity index is 1040. The zero-order valence-electron chi connectivity index (χ0n) is 13.4. The van der Waals surface area contributed by atoms with Crippen molar-refractivity contribution in [3.63, 3.8) is 0 Å². The average molecular weight is 379 g/mol. The molecule has 5 heteroatoms. The number of hydrogen-bond donors (Lipinski definition) is 0. The van der Waals surface area contributed by atoms with Crippen molar-refractivity contribution in [1.29, 1.82) is 0 Å². The Labute approximate surface area is 148 Å². The van der Waals surface area contributed by atoms with Crippen molar-refractivity contribution in [2.24, 2.45) is 0 Å². The lowest BCUT2D eigenvalue weighted by Gasteiger charge is -2.10. The van der Waals surface area contributed by atoms with Gasteiger partial charge in [-0.25, -0.2) is 14.6 Å². The maximum Gasteiger partial charge on any atom is 0.165 e. The monoisotopic (exact) mass is 378 g/mol. The molecule has 4 rings (SSSR count). The summed E-state index contributed by atoms with van der Waals surface area (Å²) >= 11 is 3.47. The van der Waals surface area contributed by atoms with Gasteiger partial charge in [-0.2, -0.15) is 5.10 Å². The van der Waals surface area contributed by atoms with Gasteiger partial charge in [0.1, 0.15) is 0 Å². The minimum atomic E-state index is 0.698. The van der Waals surface area contributed by atoms with Gasteiger partial charge in [0, 0.05) is 21.1 Å². The average Bonchev–Trinajstić information content (AvgIpc) is 2.93. The van der Waals surface area contributed by atoms with Gasteiger partial charge < -0.3 is 0 Å². The molecule has 0 unspecified atom stereocenters. The Morgan fingerprint density at radius 1 is 0.917 bits per heavy atom. The minimum Gasteiger partial charge on any atom is -0.228 e. The smallest absolute Gasteiger partial charge is 0.165 e. The molecule has 0 spiro atoms. The molecule has 118 valence electrons. The third kappa shape index (κ3) is 2.61. The maximum absolute atomic E-state index is 4.82. The minimum absolute atomic E-state index is 0.698. The topological polar surface area (TPSA) is 43.6 Å². The number of rotatable bonds is 2. The molecule has 0 bridgehead atoms. The highest BCUT2D eigenvalue weighted by atomic mass is 79.9.